The van der Waals surface area contributed by atoms with Gasteiger partial charge in [0.1, 0.15) is 17.8 Å². The van der Waals surface area contributed by atoms with E-state index in [1.807, 2.05) is 26.0 Å². The van der Waals surface area contributed by atoms with E-state index in [2.05, 4.69) is 67.4 Å². The van der Waals surface area contributed by atoms with Crippen LogP contribution in [0.15, 0.2) is 71.1 Å². The molecule has 14 rings (SSSR count). The summed E-state index contributed by atoms with van der Waals surface area (Å²) < 4.78 is 14.4. The number of allylic oxidation sites excluding steroid dienone is 4. The van der Waals surface area contributed by atoms with Crippen LogP contribution in [0.1, 0.15) is 187 Å². The highest BCUT2D eigenvalue weighted by Crippen LogP contribution is 2.84. The highest BCUT2D eigenvalue weighted by Gasteiger charge is 2.82. The molecule has 0 aromatic heterocycles. The molecule has 0 radical (unpaired) electrons. The Morgan fingerprint density at radius 1 is 0.912 bits per heavy atom. The van der Waals surface area contributed by atoms with E-state index < -0.39 is 62.7 Å². The van der Waals surface area contributed by atoms with Gasteiger partial charge in [0.15, 0.2) is 5.78 Å². The lowest BCUT2D eigenvalue weighted by Crippen LogP contribution is -2.71. The largest absolute Gasteiger partial charge is 0.396 e. The average Bonchev–Trinajstić information content (AvgIpc) is 1.46. The Labute approximate surface area is 477 Å². The van der Waals surface area contributed by atoms with Crippen molar-refractivity contribution in [3.63, 3.8) is 0 Å². The molecule has 13 aliphatic rings. The molecule has 3 heterocycles. The number of benzene rings is 1. The Bertz CT molecular complexity index is 2860. The molecular formula is C70H96N2O8. The number of aryl methyl sites for hydroxylation is 1. The normalized spacial score (nSPS) is 46.1. The molecule has 3 aliphatic heterocycles. The van der Waals surface area contributed by atoms with Crippen LogP contribution in [0.25, 0.3) is 0 Å². The summed E-state index contributed by atoms with van der Waals surface area (Å²) in [7, 11) is 0. The summed E-state index contributed by atoms with van der Waals surface area (Å²) in [5.41, 5.74) is 5.77. The molecule has 4 spiro atoms. The number of aliphatic hydroxyl groups excluding tert-OH is 3. The zero-order valence-corrected chi connectivity index (χ0v) is 48.9. The van der Waals surface area contributed by atoms with Crippen LogP contribution < -0.4 is 11.1 Å². The Hall–Kier alpha value is -3.27. The lowest BCUT2D eigenvalue weighted by atomic mass is 9.31. The van der Waals surface area contributed by atoms with E-state index in [1.54, 1.807) is 0 Å². The summed E-state index contributed by atoms with van der Waals surface area (Å²) >= 11 is 0. The van der Waals surface area contributed by atoms with Gasteiger partial charge in [-0.1, -0.05) is 100 Å². The molecule has 0 amide bonds. The van der Waals surface area contributed by atoms with Crippen molar-refractivity contribution in [1.29, 1.82) is 0 Å². The third kappa shape index (κ3) is 7.50. The highest BCUT2D eigenvalue weighted by molar-refractivity contribution is 5.95. The minimum Gasteiger partial charge on any atom is -0.396 e. The number of fused-ring (bicyclic) bond motifs is 4. The standard InChI is InChI=1S/C70H96N2O8/c1-44-21-31-79-69(36-44,60-59(80-60)63(4,77)61(2,42-73)26-18-45-20-30-72-57(71)32-45)55-19-27-70(78)53-35-54(76)52-34-51(75)40-67-50-33-49(65(43-74)24-9-10-25-65)39-68(52,67)58(53)48(37-62(55,70)3)17-16-47-13-6-5-12-46(47)14-11-15-56(67)66(38-50)29-28-64(41-66)22-7-8-23-64/h5-6,12-13,20,32-33,35,44,48,50-52,55-56,58-60,72-75,77-78H,7-10,14,16-19,21-31,34,36-43,71H2,1-4H3/t44-,48+,50-,51+,52-,55-,56+,58-,59-,60-,61-,62+,63-,66+,67-,68-,69+,70+/m0/s1. The molecule has 10 nitrogen and oxygen atoms in total. The molecule has 8 N–H and O–H groups in total. The van der Waals surface area contributed by atoms with Crippen LogP contribution in [0.3, 0.4) is 0 Å². The number of ketones is 1. The van der Waals surface area contributed by atoms with Crippen molar-refractivity contribution in [2.75, 3.05) is 26.4 Å². The van der Waals surface area contributed by atoms with Crippen molar-refractivity contribution in [3.05, 3.63) is 82.2 Å². The molecule has 80 heavy (non-hydrogen) atoms. The first-order valence-corrected chi connectivity index (χ1v) is 32.4. The van der Waals surface area contributed by atoms with Gasteiger partial charge in [0.05, 0.1) is 36.3 Å². The lowest BCUT2D eigenvalue weighted by molar-refractivity contribution is -0.226. The Kier molecular flexibility index (Phi) is 12.9. The van der Waals surface area contributed by atoms with Gasteiger partial charge in [0.2, 0.25) is 0 Å². The van der Waals surface area contributed by atoms with Crippen LogP contribution in [0.2, 0.25) is 0 Å². The van der Waals surface area contributed by atoms with E-state index in [4.69, 9.17) is 15.2 Å². The second-order valence-corrected chi connectivity index (χ2v) is 30.9. The summed E-state index contributed by atoms with van der Waals surface area (Å²) in [6.45, 7) is 9.62. The Morgan fingerprint density at radius 3 is 2.44 bits per heavy atom. The first-order chi connectivity index (χ1) is 38.3. The third-order valence-corrected chi connectivity index (χ3v) is 27.4. The fourth-order valence-corrected chi connectivity index (χ4v) is 23.4. The average molecular weight is 1090 g/mol. The van der Waals surface area contributed by atoms with E-state index in [1.165, 1.54) is 55.2 Å². The van der Waals surface area contributed by atoms with Crippen LogP contribution in [0.5, 0.6) is 0 Å². The quantitative estimate of drug-likeness (QED) is 0.0678. The zero-order valence-electron chi connectivity index (χ0n) is 48.9. The van der Waals surface area contributed by atoms with Crippen molar-refractivity contribution < 1.29 is 39.8 Å². The van der Waals surface area contributed by atoms with E-state index in [9.17, 15) is 25.5 Å². The summed E-state index contributed by atoms with van der Waals surface area (Å²) in [6, 6.07) is 8.99. The highest BCUT2D eigenvalue weighted by atomic mass is 16.6. The summed E-state index contributed by atoms with van der Waals surface area (Å²) in [6.07, 6.45) is 29.8. The number of carbonyl (C=O) groups excluding carboxylic acids is 1. The predicted molar refractivity (Wildman–Crippen MR) is 309 cm³/mol. The van der Waals surface area contributed by atoms with Crippen molar-refractivity contribution >= 4 is 5.78 Å². The van der Waals surface area contributed by atoms with Gasteiger partial charge in [0.25, 0.3) is 0 Å². The van der Waals surface area contributed by atoms with Crippen LogP contribution in [-0.2, 0) is 27.1 Å². The molecule has 10 aliphatic carbocycles. The molecule has 10 heteroatoms. The summed E-state index contributed by atoms with van der Waals surface area (Å²) in [5.74, 6) is 8.69. The number of nitrogens with one attached hydrogen (secondary N) is 1. The number of hydrogen-bond donors (Lipinski definition) is 7. The third-order valence-electron chi connectivity index (χ3n) is 27.4. The van der Waals surface area contributed by atoms with Crippen molar-refractivity contribution in [2.24, 2.45) is 85.1 Å². The number of epoxide rings is 1. The molecule has 9 fully saturated rings. The minimum absolute atomic E-state index is 0.0183. The van der Waals surface area contributed by atoms with E-state index in [0.717, 1.165) is 88.2 Å². The monoisotopic (exact) mass is 1090 g/mol. The Morgan fingerprint density at radius 2 is 1.69 bits per heavy atom. The molecule has 1 aromatic rings. The van der Waals surface area contributed by atoms with Gasteiger partial charge < -0.3 is 46.1 Å². The number of dihydropyridines is 1. The van der Waals surface area contributed by atoms with Crippen molar-refractivity contribution in [3.8, 4) is 11.8 Å². The first kappa shape index (κ1) is 54.7. The number of aliphatic hydroxyl groups is 5. The maximum Gasteiger partial charge on any atom is 0.159 e. The maximum atomic E-state index is 16.3. The first-order valence-electron chi connectivity index (χ1n) is 32.4. The molecule has 0 bridgehead atoms. The van der Waals surface area contributed by atoms with Crippen molar-refractivity contribution in [1.82, 2.24) is 5.32 Å². The second-order valence-electron chi connectivity index (χ2n) is 30.9. The van der Waals surface area contributed by atoms with Gasteiger partial charge in [-0.25, -0.2) is 0 Å². The van der Waals surface area contributed by atoms with Gasteiger partial charge in [-0.2, -0.15) is 0 Å². The fourth-order valence-electron chi connectivity index (χ4n) is 23.4. The van der Waals surface area contributed by atoms with E-state index >= 15 is 4.79 Å². The fraction of sp³-hybridized carbons (Fsp3) is 0.757. The number of hydrogen-bond acceptors (Lipinski definition) is 10. The molecule has 0 unspecified atom stereocenters. The van der Waals surface area contributed by atoms with Gasteiger partial charge in [-0.15, -0.1) is 0 Å². The number of nitrogens with two attached hydrogens (primary N) is 1. The summed E-state index contributed by atoms with van der Waals surface area (Å²) in [4.78, 5) is 16.3. The maximum absolute atomic E-state index is 16.3. The van der Waals surface area contributed by atoms with E-state index in [-0.39, 0.29) is 59.4 Å². The molecule has 2 saturated heterocycles. The van der Waals surface area contributed by atoms with Crippen LogP contribution in [-0.4, -0.2) is 92.8 Å². The topological polar surface area (TPSA) is 178 Å². The predicted octanol–water partition coefficient (Wildman–Crippen LogP) is 10.3. The molecule has 434 valence electrons. The number of carbonyl (C=O) groups is 1. The van der Waals surface area contributed by atoms with Crippen molar-refractivity contribution in [2.45, 2.75) is 223 Å². The van der Waals surface area contributed by atoms with Crippen LogP contribution in [0.4, 0.5) is 0 Å². The molecule has 7 saturated carbocycles. The SMILES string of the molecule is C[C@H]1CCO[C@]([C@H]2CC[C@@]3(O)C4=CC(=O)[C@@H]5C[C@@H](O)C[C@]67[C@@H]8C#CCc9ccccc9CC[C@H](C[C@]23C)[C@@H]4[C@]56CC(C2(CO)CCCC2)=C[C@H]7C[C@@]82CCC3(CCCC3)C2)([C@H]2O[C@@H]2[C@](C)(O)[C@](C)(CO)CCC2=CCNC(N)=C2)C1. The molecule has 18 atom stereocenters. The minimum atomic E-state index is -1.42. The number of rotatable bonds is 10. The van der Waals surface area contributed by atoms with E-state index in [0.29, 0.717) is 75.3 Å². The van der Waals surface area contributed by atoms with Gasteiger partial charge in [-0.05, 0) is 216 Å². The van der Waals surface area contributed by atoms with Gasteiger partial charge in [-0.3, -0.25) is 4.79 Å². The lowest BCUT2D eigenvalue weighted by Gasteiger charge is -2.72. The summed E-state index contributed by atoms with van der Waals surface area (Å²) in [5, 5.41) is 66.9. The van der Waals surface area contributed by atoms with Crippen LogP contribution in [0, 0.1) is 91.2 Å². The van der Waals surface area contributed by atoms with Gasteiger partial charge >= 0.3 is 0 Å². The van der Waals surface area contributed by atoms with Crippen LogP contribution >= 0.6 is 0 Å². The molecular weight excluding hydrogens is 997 g/mol. The zero-order chi connectivity index (χ0) is 55.5. The van der Waals surface area contributed by atoms with Gasteiger partial charge in [0, 0.05) is 53.1 Å². The second kappa shape index (κ2) is 18.9. The molecule has 1 aromatic carbocycles. The number of ether oxygens (including phenoxy) is 2. The smallest absolute Gasteiger partial charge is 0.159 e. The Balaban J connectivity index is 0.928.